The fourth-order valence-corrected chi connectivity index (χ4v) is 9.60. The van der Waals surface area contributed by atoms with E-state index in [1.54, 1.807) is 6.92 Å². The molecule has 0 saturated heterocycles. The summed E-state index contributed by atoms with van der Waals surface area (Å²) < 4.78 is 6.04. The van der Waals surface area contributed by atoms with Crippen molar-refractivity contribution in [1.29, 1.82) is 0 Å². The lowest BCUT2D eigenvalue weighted by Gasteiger charge is -2.60. The Bertz CT molecular complexity index is 1150. The highest BCUT2D eigenvalue weighted by molar-refractivity contribution is 6.01. The van der Waals surface area contributed by atoms with Gasteiger partial charge in [0.2, 0.25) is 0 Å². The zero-order valence-corrected chi connectivity index (χ0v) is 24.9. The molecular weight excluding hydrogens is 496 g/mol. The number of Topliss-reactive ketones (excluding diaryl/α,β-unsaturated/α-hetero) is 3. The van der Waals surface area contributed by atoms with Crippen molar-refractivity contribution in [3.8, 4) is 0 Å². The summed E-state index contributed by atoms with van der Waals surface area (Å²) in [4.78, 5) is 63.6. The van der Waals surface area contributed by atoms with E-state index in [0.29, 0.717) is 32.1 Å². The summed E-state index contributed by atoms with van der Waals surface area (Å²) in [7, 11) is 0. The molecule has 0 aromatic carbocycles. The van der Waals surface area contributed by atoms with Crippen molar-refractivity contribution in [3.05, 3.63) is 11.1 Å². The number of aliphatic carboxylic acids is 1. The van der Waals surface area contributed by atoms with Gasteiger partial charge in [-0.1, -0.05) is 54.0 Å². The van der Waals surface area contributed by atoms with E-state index < -0.39 is 39.7 Å². The highest BCUT2D eigenvalue weighted by Gasteiger charge is 2.69. The molecule has 8 atom stereocenters. The molecule has 0 unspecified atom stereocenters. The summed E-state index contributed by atoms with van der Waals surface area (Å²) in [5.74, 6) is -1.85. The Labute approximate surface area is 232 Å². The number of fused-ring (bicyclic) bond motifs is 4. The first kappa shape index (κ1) is 29.7. The standard InChI is InChI=1S/C32H46O7/c1-17(13-20(34)14-18(2)28(37)38)22-15-26(39-19(3)33)32(8)21-9-10-24-29(4,5)25(36)11-12-30(24,6)27(21)23(35)16-31(22,32)7/h17-18,22,24,26H,9-16H2,1-8H3,(H,37,38)/t17-,18-,22-,24+,26+,30+,31-,32-/m1/s1. The van der Waals surface area contributed by atoms with Gasteiger partial charge in [0, 0.05) is 54.4 Å². The number of rotatable bonds is 7. The minimum Gasteiger partial charge on any atom is -0.481 e. The van der Waals surface area contributed by atoms with E-state index in [1.807, 2.05) is 20.8 Å². The number of hydrogen-bond acceptors (Lipinski definition) is 6. The summed E-state index contributed by atoms with van der Waals surface area (Å²) in [5, 5.41) is 9.25. The molecule has 4 aliphatic carbocycles. The Kier molecular flexibility index (Phi) is 7.35. The molecule has 4 rings (SSSR count). The van der Waals surface area contributed by atoms with Crippen LogP contribution in [0.2, 0.25) is 0 Å². The van der Waals surface area contributed by atoms with E-state index in [-0.39, 0.29) is 53.9 Å². The zero-order valence-electron chi connectivity index (χ0n) is 24.9. The molecular formula is C32H46O7. The van der Waals surface area contributed by atoms with Gasteiger partial charge in [0.1, 0.15) is 17.7 Å². The third-order valence-electron chi connectivity index (χ3n) is 11.8. The molecule has 7 nitrogen and oxygen atoms in total. The number of ketones is 3. The first-order valence-corrected chi connectivity index (χ1v) is 14.6. The molecule has 0 radical (unpaired) electrons. The number of carboxylic acids is 1. The van der Waals surface area contributed by atoms with E-state index in [1.165, 1.54) is 6.92 Å². The van der Waals surface area contributed by atoms with Gasteiger partial charge in [-0.25, -0.2) is 0 Å². The Balaban J connectivity index is 1.77. The van der Waals surface area contributed by atoms with Crippen molar-refractivity contribution in [2.24, 2.45) is 45.3 Å². The largest absolute Gasteiger partial charge is 0.481 e. The van der Waals surface area contributed by atoms with Crippen molar-refractivity contribution in [2.75, 3.05) is 0 Å². The molecule has 0 heterocycles. The number of carbonyl (C=O) groups excluding carboxylic acids is 4. The van der Waals surface area contributed by atoms with Gasteiger partial charge in [-0.2, -0.15) is 0 Å². The van der Waals surface area contributed by atoms with Crippen LogP contribution in [0.3, 0.4) is 0 Å². The first-order valence-electron chi connectivity index (χ1n) is 14.6. The van der Waals surface area contributed by atoms with Crippen LogP contribution < -0.4 is 0 Å². The lowest BCUT2D eigenvalue weighted by atomic mass is 9.43. The van der Waals surface area contributed by atoms with Crippen molar-refractivity contribution in [1.82, 2.24) is 0 Å². The Hall–Kier alpha value is -2.31. The quantitative estimate of drug-likeness (QED) is 0.408. The number of allylic oxidation sites excluding steroid dienone is 1. The molecule has 0 amide bonds. The second-order valence-corrected chi connectivity index (χ2v) is 14.3. The third kappa shape index (κ3) is 4.33. The third-order valence-corrected chi connectivity index (χ3v) is 11.8. The van der Waals surface area contributed by atoms with E-state index in [9.17, 15) is 29.1 Å². The van der Waals surface area contributed by atoms with Crippen LogP contribution in [0.25, 0.3) is 0 Å². The summed E-state index contributed by atoms with van der Waals surface area (Å²) in [6.07, 6.45) is 3.29. The topological polar surface area (TPSA) is 115 Å². The molecule has 0 spiro atoms. The summed E-state index contributed by atoms with van der Waals surface area (Å²) in [6, 6.07) is 0. The second-order valence-electron chi connectivity index (χ2n) is 14.3. The smallest absolute Gasteiger partial charge is 0.306 e. The average molecular weight is 543 g/mol. The van der Waals surface area contributed by atoms with Crippen LogP contribution in [-0.4, -0.2) is 40.5 Å². The molecule has 0 bridgehead atoms. The van der Waals surface area contributed by atoms with Gasteiger partial charge >= 0.3 is 11.9 Å². The molecule has 216 valence electrons. The van der Waals surface area contributed by atoms with E-state index in [0.717, 1.165) is 17.6 Å². The van der Waals surface area contributed by atoms with Gasteiger partial charge in [0.25, 0.3) is 0 Å². The van der Waals surface area contributed by atoms with Crippen LogP contribution in [0.15, 0.2) is 11.1 Å². The van der Waals surface area contributed by atoms with Gasteiger partial charge in [-0.15, -0.1) is 0 Å². The number of carboxylic acid groups (broad SMARTS) is 1. The predicted molar refractivity (Wildman–Crippen MR) is 146 cm³/mol. The van der Waals surface area contributed by atoms with Crippen LogP contribution in [0, 0.1) is 45.3 Å². The number of ether oxygens (including phenoxy) is 1. The van der Waals surface area contributed by atoms with Crippen molar-refractivity contribution in [3.63, 3.8) is 0 Å². The number of hydrogen-bond donors (Lipinski definition) is 1. The Morgan fingerprint density at radius 1 is 1.03 bits per heavy atom. The van der Waals surface area contributed by atoms with E-state index in [4.69, 9.17) is 4.74 Å². The Morgan fingerprint density at radius 2 is 1.67 bits per heavy atom. The second kappa shape index (κ2) is 9.66. The predicted octanol–water partition coefficient (Wildman–Crippen LogP) is 5.73. The van der Waals surface area contributed by atoms with Gasteiger partial charge in [0.15, 0.2) is 5.78 Å². The molecule has 0 aromatic rings. The van der Waals surface area contributed by atoms with Gasteiger partial charge in [-0.05, 0) is 48.9 Å². The van der Waals surface area contributed by atoms with Crippen molar-refractivity contribution >= 4 is 29.3 Å². The van der Waals surface area contributed by atoms with Gasteiger partial charge in [0.05, 0.1) is 5.92 Å². The van der Waals surface area contributed by atoms with Gasteiger partial charge in [-0.3, -0.25) is 24.0 Å². The van der Waals surface area contributed by atoms with Gasteiger partial charge < -0.3 is 9.84 Å². The molecule has 0 aromatic heterocycles. The lowest BCUT2D eigenvalue weighted by molar-refractivity contribution is -0.154. The summed E-state index contributed by atoms with van der Waals surface area (Å²) in [6.45, 7) is 15.5. The maximum absolute atomic E-state index is 14.2. The number of esters is 1. The molecule has 2 fully saturated rings. The highest BCUT2D eigenvalue weighted by atomic mass is 16.5. The lowest BCUT2D eigenvalue weighted by Crippen LogP contribution is -2.57. The van der Waals surface area contributed by atoms with Crippen molar-refractivity contribution < 1.29 is 33.8 Å². The molecule has 1 N–H and O–H groups in total. The minimum absolute atomic E-state index is 0.0176. The Morgan fingerprint density at radius 3 is 2.26 bits per heavy atom. The maximum Gasteiger partial charge on any atom is 0.306 e. The van der Waals surface area contributed by atoms with E-state index >= 15 is 0 Å². The van der Waals surface area contributed by atoms with Crippen LogP contribution in [0.4, 0.5) is 0 Å². The first-order chi connectivity index (χ1) is 17.9. The summed E-state index contributed by atoms with van der Waals surface area (Å²) >= 11 is 0. The normalized spacial score (nSPS) is 38.8. The fourth-order valence-electron chi connectivity index (χ4n) is 9.60. The molecule has 39 heavy (non-hydrogen) atoms. The monoisotopic (exact) mass is 542 g/mol. The van der Waals surface area contributed by atoms with E-state index in [2.05, 4.69) is 20.8 Å². The average Bonchev–Trinajstić information content (AvgIpc) is 3.03. The van der Waals surface area contributed by atoms with Crippen LogP contribution in [0.5, 0.6) is 0 Å². The molecule has 4 aliphatic rings. The highest BCUT2D eigenvalue weighted by Crippen LogP contribution is 2.72. The fraction of sp³-hybridized carbons (Fsp3) is 0.781. The molecule has 7 heteroatoms. The van der Waals surface area contributed by atoms with Crippen LogP contribution >= 0.6 is 0 Å². The summed E-state index contributed by atoms with van der Waals surface area (Å²) in [5.41, 5.74) is -0.0293. The maximum atomic E-state index is 14.2. The SMILES string of the molecule is CC(=O)O[C@H]1C[C@H]([C@H](C)CC(=O)C[C@@H](C)C(=O)O)[C@@]2(C)CC(=O)C3=C(CC[C@H]4C(C)(C)C(=O)CC[C@]34C)[C@]12C. The van der Waals surface area contributed by atoms with Crippen LogP contribution in [-0.2, 0) is 28.7 Å². The molecule has 0 aliphatic heterocycles. The molecule has 2 saturated carbocycles. The number of carbonyl (C=O) groups is 5. The van der Waals surface area contributed by atoms with Crippen LogP contribution in [0.1, 0.15) is 107 Å². The minimum atomic E-state index is -0.986. The van der Waals surface area contributed by atoms with Crippen molar-refractivity contribution in [2.45, 2.75) is 113 Å². The zero-order chi connectivity index (χ0) is 29.3.